The van der Waals surface area contributed by atoms with E-state index in [9.17, 15) is 9.90 Å². The van der Waals surface area contributed by atoms with Gasteiger partial charge in [0.1, 0.15) is 12.4 Å². The molecule has 29 heavy (non-hydrogen) atoms. The molecule has 1 aliphatic rings. The van der Waals surface area contributed by atoms with Gasteiger partial charge in [0.05, 0.1) is 11.6 Å². The van der Waals surface area contributed by atoms with Crippen LogP contribution in [-0.4, -0.2) is 47.4 Å². The van der Waals surface area contributed by atoms with Gasteiger partial charge in [-0.25, -0.2) is 5.48 Å². The smallest absolute Gasteiger partial charge is 0.267 e. The van der Waals surface area contributed by atoms with Crippen molar-refractivity contribution in [1.82, 2.24) is 10.4 Å². The van der Waals surface area contributed by atoms with Gasteiger partial charge in [0.15, 0.2) is 0 Å². The van der Waals surface area contributed by atoms with Crippen LogP contribution in [0, 0.1) is 0 Å². The van der Waals surface area contributed by atoms with E-state index in [0.29, 0.717) is 30.5 Å². The molecule has 0 radical (unpaired) electrons. The average molecular weight is 417 g/mol. The van der Waals surface area contributed by atoms with Crippen molar-refractivity contribution in [3.63, 3.8) is 0 Å². The SMILES string of the molecule is O=C(C=Cc1ccc2c(c1)CCC2N(CCO)CCOc1ccccc1Cl)NO. The fourth-order valence-corrected chi connectivity index (χ4v) is 3.88. The lowest BCUT2D eigenvalue weighted by atomic mass is 10.0. The third-order valence-corrected chi connectivity index (χ3v) is 5.36. The van der Waals surface area contributed by atoms with Crippen molar-refractivity contribution in [1.29, 1.82) is 0 Å². The van der Waals surface area contributed by atoms with Crippen LogP contribution in [0.15, 0.2) is 48.5 Å². The molecule has 6 nitrogen and oxygen atoms in total. The maximum atomic E-state index is 11.2. The molecule has 0 saturated carbocycles. The number of para-hydroxylation sites is 1. The lowest BCUT2D eigenvalue weighted by molar-refractivity contribution is -0.124. The number of fused-ring (bicyclic) bond motifs is 1. The van der Waals surface area contributed by atoms with Gasteiger partial charge in [0.2, 0.25) is 0 Å². The van der Waals surface area contributed by atoms with E-state index in [0.717, 1.165) is 18.4 Å². The second-order valence-electron chi connectivity index (χ2n) is 6.86. The van der Waals surface area contributed by atoms with Crippen LogP contribution in [0.4, 0.5) is 0 Å². The fourth-order valence-electron chi connectivity index (χ4n) is 3.69. The predicted molar refractivity (Wildman–Crippen MR) is 112 cm³/mol. The Morgan fingerprint density at radius 1 is 1.28 bits per heavy atom. The van der Waals surface area contributed by atoms with E-state index in [1.807, 2.05) is 24.3 Å². The number of halogens is 1. The second-order valence-corrected chi connectivity index (χ2v) is 7.27. The summed E-state index contributed by atoms with van der Waals surface area (Å²) in [6.45, 7) is 1.80. The third-order valence-electron chi connectivity index (χ3n) is 5.05. The topological polar surface area (TPSA) is 82.0 Å². The molecule has 3 N–H and O–H groups in total. The van der Waals surface area contributed by atoms with Crippen LogP contribution in [0.25, 0.3) is 6.08 Å². The van der Waals surface area contributed by atoms with Crippen LogP contribution in [0.3, 0.4) is 0 Å². The Morgan fingerprint density at radius 2 is 2.10 bits per heavy atom. The van der Waals surface area contributed by atoms with Gasteiger partial charge in [0, 0.05) is 25.2 Å². The number of nitrogens with zero attached hydrogens (tertiary/aromatic N) is 1. The molecule has 0 heterocycles. The maximum absolute atomic E-state index is 11.2. The Labute approximate surface area is 175 Å². The second kappa shape index (κ2) is 10.4. The first-order valence-corrected chi connectivity index (χ1v) is 9.97. The van der Waals surface area contributed by atoms with Crippen molar-refractivity contribution >= 4 is 23.6 Å². The lowest BCUT2D eigenvalue weighted by Gasteiger charge is -2.29. The molecular formula is C22H25ClN2O4. The molecule has 7 heteroatoms. The molecular weight excluding hydrogens is 392 g/mol. The summed E-state index contributed by atoms with van der Waals surface area (Å²) in [6.07, 6.45) is 4.85. The van der Waals surface area contributed by atoms with Crippen molar-refractivity contribution in [2.24, 2.45) is 0 Å². The summed E-state index contributed by atoms with van der Waals surface area (Å²) in [5, 5.41) is 18.7. The first kappa shape index (κ1) is 21.3. The van der Waals surface area contributed by atoms with E-state index in [2.05, 4.69) is 17.0 Å². The van der Waals surface area contributed by atoms with E-state index in [1.54, 1.807) is 17.6 Å². The maximum Gasteiger partial charge on any atom is 0.267 e. The Balaban J connectivity index is 1.66. The van der Waals surface area contributed by atoms with Crippen LogP contribution < -0.4 is 10.2 Å². The summed E-state index contributed by atoms with van der Waals surface area (Å²) in [6, 6.07) is 13.7. The first-order valence-electron chi connectivity index (χ1n) is 9.59. The van der Waals surface area contributed by atoms with Gasteiger partial charge in [-0.05, 0) is 47.7 Å². The number of aryl methyl sites for hydroxylation is 1. The van der Waals surface area contributed by atoms with Gasteiger partial charge < -0.3 is 9.84 Å². The van der Waals surface area contributed by atoms with Crippen molar-refractivity contribution in [3.05, 3.63) is 70.3 Å². The van der Waals surface area contributed by atoms with Crippen molar-refractivity contribution < 1.29 is 19.8 Å². The quantitative estimate of drug-likeness (QED) is 0.332. The molecule has 154 valence electrons. The molecule has 0 saturated heterocycles. The number of aliphatic hydroxyl groups is 1. The summed E-state index contributed by atoms with van der Waals surface area (Å²) in [5.41, 5.74) is 4.96. The molecule has 1 atom stereocenters. The highest BCUT2D eigenvalue weighted by Gasteiger charge is 2.27. The number of nitrogens with one attached hydrogen (secondary N) is 1. The zero-order valence-electron chi connectivity index (χ0n) is 16.1. The standard InChI is InChI=1S/C22H25ClN2O4/c23-19-3-1-2-4-21(19)29-14-12-25(11-13-26)20-9-7-17-15-16(5-8-18(17)20)6-10-22(27)24-28/h1-6,8,10,15,20,26,28H,7,9,11-14H2,(H,24,27). The van der Waals surface area contributed by atoms with Gasteiger partial charge in [0.25, 0.3) is 5.91 Å². The molecule has 2 aromatic carbocycles. The number of benzene rings is 2. The summed E-state index contributed by atoms with van der Waals surface area (Å²) in [4.78, 5) is 13.4. The van der Waals surface area contributed by atoms with Gasteiger partial charge >= 0.3 is 0 Å². The zero-order chi connectivity index (χ0) is 20.6. The molecule has 0 fully saturated rings. The van der Waals surface area contributed by atoms with Gasteiger partial charge in [-0.1, -0.05) is 41.9 Å². The van der Waals surface area contributed by atoms with E-state index in [4.69, 9.17) is 21.5 Å². The molecule has 0 aliphatic heterocycles. The Morgan fingerprint density at radius 3 is 2.86 bits per heavy atom. The molecule has 1 unspecified atom stereocenters. The van der Waals surface area contributed by atoms with Crippen LogP contribution in [0.2, 0.25) is 5.02 Å². The monoisotopic (exact) mass is 416 g/mol. The number of hydrogen-bond acceptors (Lipinski definition) is 5. The number of carbonyl (C=O) groups excluding carboxylic acids is 1. The van der Waals surface area contributed by atoms with E-state index in [1.165, 1.54) is 17.2 Å². The van der Waals surface area contributed by atoms with Gasteiger partial charge in [-0.2, -0.15) is 0 Å². The van der Waals surface area contributed by atoms with Crippen LogP contribution in [0.1, 0.15) is 29.2 Å². The average Bonchev–Trinajstić information content (AvgIpc) is 3.15. The number of hydroxylamine groups is 1. The summed E-state index contributed by atoms with van der Waals surface area (Å²) in [7, 11) is 0. The number of ether oxygens (including phenoxy) is 1. The summed E-state index contributed by atoms with van der Waals surface area (Å²) in [5.74, 6) is 0.101. The molecule has 2 aromatic rings. The highest BCUT2D eigenvalue weighted by atomic mass is 35.5. The van der Waals surface area contributed by atoms with Gasteiger partial charge in [-0.3, -0.25) is 14.9 Å². The molecule has 0 bridgehead atoms. The Bertz CT molecular complexity index is 872. The third kappa shape index (κ3) is 5.58. The highest BCUT2D eigenvalue weighted by molar-refractivity contribution is 6.32. The largest absolute Gasteiger partial charge is 0.491 e. The normalized spacial score (nSPS) is 15.7. The van der Waals surface area contributed by atoms with Crippen LogP contribution in [-0.2, 0) is 11.2 Å². The van der Waals surface area contributed by atoms with Gasteiger partial charge in [-0.15, -0.1) is 0 Å². The Kier molecular flexibility index (Phi) is 7.66. The lowest BCUT2D eigenvalue weighted by Crippen LogP contribution is -2.34. The zero-order valence-corrected chi connectivity index (χ0v) is 16.8. The fraction of sp³-hybridized carbons (Fsp3) is 0.318. The minimum absolute atomic E-state index is 0.0784. The van der Waals surface area contributed by atoms with Crippen LogP contribution >= 0.6 is 11.6 Å². The number of amides is 1. The molecule has 3 rings (SSSR count). The minimum Gasteiger partial charge on any atom is -0.491 e. The highest BCUT2D eigenvalue weighted by Crippen LogP contribution is 2.36. The molecule has 1 amide bonds. The van der Waals surface area contributed by atoms with Crippen molar-refractivity contribution in [3.8, 4) is 5.75 Å². The Hall–Kier alpha value is -2.38. The number of rotatable bonds is 9. The summed E-state index contributed by atoms with van der Waals surface area (Å²) < 4.78 is 5.82. The van der Waals surface area contributed by atoms with E-state index >= 15 is 0 Å². The molecule has 1 aliphatic carbocycles. The molecule has 0 aromatic heterocycles. The number of hydrogen-bond donors (Lipinski definition) is 3. The van der Waals surface area contributed by atoms with Crippen molar-refractivity contribution in [2.75, 3.05) is 26.3 Å². The van der Waals surface area contributed by atoms with E-state index in [-0.39, 0.29) is 12.6 Å². The summed E-state index contributed by atoms with van der Waals surface area (Å²) >= 11 is 6.14. The van der Waals surface area contributed by atoms with Crippen molar-refractivity contribution in [2.45, 2.75) is 18.9 Å². The number of carbonyl (C=O) groups is 1. The molecule has 0 spiro atoms. The van der Waals surface area contributed by atoms with E-state index < -0.39 is 5.91 Å². The predicted octanol–water partition coefficient (Wildman–Crippen LogP) is 3.22. The minimum atomic E-state index is -0.559. The van der Waals surface area contributed by atoms with Crippen LogP contribution in [0.5, 0.6) is 5.75 Å². The number of aliphatic hydroxyl groups excluding tert-OH is 1. The first-order chi connectivity index (χ1) is 14.1.